The Morgan fingerprint density at radius 1 is 1.31 bits per heavy atom. The fraction of sp³-hybridized carbons (Fsp3) is 0.818. The highest BCUT2D eigenvalue weighted by Gasteiger charge is 2.22. The van der Waals surface area contributed by atoms with Crippen molar-refractivity contribution in [2.45, 2.75) is 19.3 Å². The Morgan fingerprint density at radius 3 is 2.54 bits per heavy atom. The average Bonchev–Trinajstić information content (AvgIpc) is 2.02. The van der Waals surface area contributed by atoms with E-state index in [2.05, 4.69) is 16.8 Å². The minimum atomic E-state index is 0.856. The first kappa shape index (κ1) is 9.22. The summed E-state index contributed by atoms with van der Waals surface area (Å²) in [5.74, 6) is 0.856. The van der Waals surface area contributed by atoms with Crippen LogP contribution in [0.4, 0.5) is 0 Å². The van der Waals surface area contributed by atoms with Crippen LogP contribution in [0.15, 0.2) is 12.2 Å². The lowest BCUT2D eigenvalue weighted by Gasteiger charge is -2.33. The monoisotopic (exact) mass is 180 g/mol. The van der Waals surface area contributed by atoms with Gasteiger partial charge in [0.05, 0.1) is 0 Å². The SMILES string of the molecule is C=C(CN1CCNCC1)C1CCC1. The van der Waals surface area contributed by atoms with Crippen molar-refractivity contribution in [3.63, 3.8) is 0 Å². The van der Waals surface area contributed by atoms with Crippen LogP contribution < -0.4 is 5.32 Å². The molecule has 0 bridgehead atoms. The number of piperazine rings is 1. The van der Waals surface area contributed by atoms with E-state index in [4.69, 9.17) is 0 Å². The maximum Gasteiger partial charge on any atom is 0.0194 e. The van der Waals surface area contributed by atoms with Gasteiger partial charge in [0.25, 0.3) is 0 Å². The molecule has 0 unspecified atom stereocenters. The van der Waals surface area contributed by atoms with Crippen molar-refractivity contribution >= 4 is 0 Å². The first-order valence-electron chi connectivity index (χ1n) is 5.47. The fourth-order valence-electron chi connectivity index (χ4n) is 2.10. The molecule has 74 valence electrons. The second-order valence-corrected chi connectivity index (χ2v) is 4.31. The van der Waals surface area contributed by atoms with Crippen LogP contribution >= 0.6 is 0 Å². The Kier molecular flexibility index (Phi) is 3.01. The van der Waals surface area contributed by atoms with Crippen molar-refractivity contribution in [1.29, 1.82) is 0 Å². The molecule has 1 heterocycles. The summed E-state index contributed by atoms with van der Waals surface area (Å²) < 4.78 is 0. The van der Waals surface area contributed by atoms with Crippen LogP contribution in [0.2, 0.25) is 0 Å². The van der Waals surface area contributed by atoms with E-state index < -0.39 is 0 Å². The zero-order valence-electron chi connectivity index (χ0n) is 8.39. The Balaban J connectivity index is 1.72. The molecule has 2 rings (SSSR count). The van der Waals surface area contributed by atoms with Crippen molar-refractivity contribution in [3.8, 4) is 0 Å². The molecule has 13 heavy (non-hydrogen) atoms. The zero-order chi connectivity index (χ0) is 9.10. The van der Waals surface area contributed by atoms with E-state index in [9.17, 15) is 0 Å². The summed E-state index contributed by atoms with van der Waals surface area (Å²) in [6, 6.07) is 0. The molecule has 2 heteroatoms. The molecule has 0 aromatic carbocycles. The molecule has 2 nitrogen and oxygen atoms in total. The van der Waals surface area contributed by atoms with Gasteiger partial charge in [-0.25, -0.2) is 0 Å². The number of hydrogen-bond donors (Lipinski definition) is 1. The Morgan fingerprint density at radius 2 is 2.00 bits per heavy atom. The maximum atomic E-state index is 4.21. The summed E-state index contributed by atoms with van der Waals surface area (Å²) in [6.45, 7) is 10.1. The third-order valence-electron chi connectivity index (χ3n) is 3.32. The highest BCUT2D eigenvalue weighted by molar-refractivity contribution is 5.06. The van der Waals surface area contributed by atoms with E-state index in [0.717, 1.165) is 25.6 Å². The molecule has 0 aromatic heterocycles. The van der Waals surface area contributed by atoms with Gasteiger partial charge in [0.2, 0.25) is 0 Å². The predicted octanol–water partition coefficient (Wildman–Crippen LogP) is 1.25. The first-order chi connectivity index (χ1) is 6.36. The lowest BCUT2D eigenvalue weighted by atomic mass is 9.80. The van der Waals surface area contributed by atoms with Crippen molar-refractivity contribution < 1.29 is 0 Å². The minimum absolute atomic E-state index is 0.856. The summed E-state index contributed by atoms with van der Waals surface area (Å²) in [7, 11) is 0. The van der Waals surface area contributed by atoms with Crippen molar-refractivity contribution in [2.24, 2.45) is 5.92 Å². The molecule has 2 aliphatic rings. The molecule has 0 amide bonds. The van der Waals surface area contributed by atoms with Crippen LogP contribution in [0.25, 0.3) is 0 Å². The molecule has 0 radical (unpaired) electrons. The Hall–Kier alpha value is -0.340. The van der Waals surface area contributed by atoms with Crippen molar-refractivity contribution in [1.82, 2.24) is 10.2 Å². The second kappa shape index (κ2) is 4.25. The lowest BCUT2D eigenvalue weighted by Crippen LogP contribution is -2.44. The van der Waals surface area contributed by atoms with Gasteiger partial charge in [0.15, 0.2) is 0 Å². The molecule has 1 aliphatic heterocycles. The Bertz CT molecular complexity index is 179. The summed E-state index contributed by atoms with van der Waals surface area (Å²) in [5, 5.41) is 3.37. The van der Waals surface area contributed by atoms with Crippen LogP contribution in [0.5, 0.6) is 0 Å². The highest BCUT2D eigenvalue weighted by atomic mass is 15.2. The molecule has 1 N–H and O–H groups in total. The van der Waals surface area contributed by atoms with Gasteiger partial charge in [0, 0.05) is 32.7 Å². The van der Waals surface area contributed by atoms with E-state index >= 15 is 0 Å². The largest absolute Gasteiger partial charge is 0.314 e. The molecule has 0 aromatic rings. The van der Waals surface area contributed by atoms with Gasteiger partial charge < -0.3 is 5.32 Å². The Labute approximate surface area is 81.0 Å². The van der Waals surface area contributed by atoms with Gasteiger partial charge in [-0.1, -0.05) is 18.6 Å². The van der Waals surface area contributed by atoms with E-state index in [1.165, 1.54) is 37.9 Å². The molecule has 1 saturated carbocycles. The highest BCUT2D eigenvalue weighted by Crippen LogP contribution is 2.32. The zero-order valence-corrected chi connectivity index (χ0v) is 8.39. The minimum Gasteiger partial charge on any atom is -0.314 e. The standard InChI is InChI=1S/C11H20N2/c1-10(11-3-2-4-11)9-13-7-5-12-6-8-13/h11-12H,1-9H2. The van der Waals surface area contributed by atoms with Gasteiger partial charge in [-0.2, -0.15) is 0 Å². The molecule has 1 aliphatic carbocycles. The fourth-order valence-corrected chi connectivity index (χ4v) is 2.10. The quantitative estimate of drug-likeness (QED) is 0.658. The topological polar surface area (TPSA) is 15.3 Å². The van der Waals surface area contributed by atoms with Crippen molar-refractivity contribution in [2.75, 3.05) is 32.7 Å². The van der Waals surface area contributed by atoms with Gasteiger partial charge in [-0.05, 0) is 18.8 Å². The van der Waals surface area contributed by atoms with E-state index in [-0.39, 0.29) is 0 Å². The van der Waals surface area contributed by atoms with Gasteiger partial charge in [-0.3, -0.25) is 4.90 Å². The number of nitrogens with one attached hydrogen (secondary N) is 1. The summed E-state index contributed by atoms with van der Waals surface area (Å²) in [4.78, 5) is 2.52. The smallest absolute Gasteiger partial charge is 0.0194 e. The molecular formula is C11H20N2. The molecular weight excluding hydrogens is 160 g/mol. The van der Waals surface area contributed by atoms with Crippen LogP contribution in [-0.2, 0) is 0 Å². The van der Waals surface area contributed by atoms with Crippen LogP contribution in [0.1, 0.15) is 19.3 Å². The number of hydrogen-bond acceptors (Lipinski definition) is 2. The summed E-state index contributed by atoms with van der Waals surface area (Å²) >= 11 is 0. The summed E-state index contributed by atoms with van der Waals surface area (Å²) in [5.41, 5.74) is 1.48. The predicted molar refractivity (Wildman–Crippen MR) is 55.8 cm³/mol. The maximum absolute atomic E-state index is 4.21. The lowest BCUT2D eigenvalue weighted by molar-refractivity contribution is 0.240. The summed E-state index contributed by atoms with van der Waals surface area (Å²) in [6.07, 6.45) is 4.21. The van der Waals surface area contributed by atoms with E-state index in [1.807, 2.05) is 0 Å². The molecule has 0 spiro atoms. The number of rotatable bonds is 3. The third kappa shape index (κ3) is 2.32. The van der Waals surface area contributed by atoms with Crippen molar-refractivity contribution in [3.05, 3.63) is 12.2 Å². The normalized spacial score (nSPS) is 25.5. The molecule has 2 fully saturated rings. The molecule has 1 saturated heterocycles. The first-order valence-corrected chi connectivity index (χ1v) is 5.47. The second-order valence-electron chi connectivity index (χ2n) is 4.31. The van der Waals surface area contributed by atoms with Crippen LogP contribution in [-0.4, -0.2) is 37.6 Å². The van der Waals surface area contributed by atoms with E-state index in [1.54, 1.807) is 0 Å². The van der Waals surface area contributed by atoms with E-state index in [0.29, 0.717) is 0 Å². The van der Waals surface area contributed by atoms with Crippen LogP contribution in [0.3, 0.4) is 0 Å². The molecule has 0 atom stereocenters. The van der Waals surface area contributed by atoms with Gasteiger partial charge >= 0.3 is 0 Å². The van der Waals surface area contributed by atoms with Gasteiger partial charge in [-0.15, -0.1) is 0 Å². The van der Waals surface area contributed by atoms with Crippen LogP contribution in [0, 0.1) is 5.92 Å². The van der Waals surface area contributed by atoms with Gasteiger partial charge in [0.1, 0.15) is 0 Å². The average molecular weight is 180 g/mol. The number of nitrogens with zero attached hydrogens (tertiary/aromatic N) is 1. The third-order valence-corrected chi connectivity index (χ3v) is 3.32.